The van der Waals surface area contributed by atoms with Crippen molar-refractivity contribution < 1.29 is 0 Å². The minimum atomic E-state index is 0.338. The van der Waals surface area contributed by atoms with Crippen molar-refractivity contribution in [3.63, 3.8) is 0 Å². The van der Waals surface area contributed by atoms with Crippen LogP contribution in [0.3, 0.4) is 0 Å². The lowest BCUT2D eigenvalue weighted by Crippen LogP contribution is -2.27. The van der Waals surface area contributed by atoms with Gasteiger partial charge in [-0.25, -0.2) is 0 Å². The first-order valence-electron chi connectivity index (χ1n) is 4.69. The maximum atomic E-state index is 5.78. The van der Waals surface area contributed by atoms with Crippen molar-refractivity contribution in [2.75, 3.05) is 6.54 Å². The number of nitrogens with one attached hydrogen (secondary N) is 1. The van der Waals surface area contributed by atoms with Crippen LogP contribution in [0.25, 0.3) is 0 Å². The highest BCUT2D eigenvalue weighted by atomic mass is 79.9. The fourth-order valence-corrected chi connectivity index (χ4v) is 2.05. The molecule has 2 heterocycles. The first-order valence-corrected chi connectivity index (χ1v) is 5.86. The van der Waals surface area contributed by atoms with Crippen molar-refractivity contribution in [3.05, 3.63) is 21.4 Å². The average molecular weight is 277 g/mol. The number of piperidine rings is 1. The van der Waals surface area contributed by atoms with Crippen LogP contribution < -0.4 is 5.32 Å². The lowest BCUT2D eigenvalue weighted by atomic mass is 10.0. The minimum absolute atomic E-state index is 0.338. The number of hydrogen-bond acceptors (Lipinski definition) is 3. The topological polar surface area (TPSA) is 37.8 Å². The normalized spacial score (nSPS) is 22.3. The van der Waals surface area contributed by atoms with Gasteiger partial charge in [0.15, 0.2) is 5.15 Å². The van der Waals surface area contributed by atoms with Crippen LogP contribution in [0, 0.1) is 0 Å². The third-order valence-corrected chi connectivity index (χ3v) is 3.50. The number of aromatic nitrogens is 2. The van der Waals surface area contributed by atoms with E-state index in [1.54, 1.807) is 0 Å². The molecule has 0 amide bonds. The Morgan fingerprint density at radius 2 is 2.29 bits per heavy atom. The van der Waals surface area contributed by atoms with Crippen molar-refractivity contribution in [1.82, 2.24) is 15.5 Å². The average Bonchev–Trinajstić information content (AvgIpc) is 2.23. The van der Waals surface area contributed by atoms with E-state index < -0.39 is 0 Å². The SMILES string of the molecule is Clc1nnc(C2CCCCN2)cc1Br. The van der Waals surface area contributed by atoms with E-state index >= 15 is 0 Å². The van der Waals surface area contributed by atoms with Gasteiger partial charge in [0.05, 0.1) is 16.2 Å². The van der Waals surface area contributed by atoms with Gasteiger partial charge >= 0.3 is 0 Å². The van der Waals surface area contributed by atoms with Crippen LogP contribution in [0.5, 0.6) is 0 Å². The second-order valence-electron chi connectivity index (χ2n) is 3.41. The van der Waals surface area contributed by atoms with Crippen molar-refractivity contribution in [1.29, 1.82) is 0 Å². The molecule has 5 heteroatoms. The highest BCUT2D eigenvalue weighted by Crippen LogP contribution is 2.25. The van der Waals surface area contributed by atoms with Crippen molar-refractivity contribution in [2.24, 2.45) is 0 Å². The van der Waals surface area contributed by atoms with E-state index in [1.807, 2.05) is 6.07 Å². The summed E-state index contributed by atoms with van der Waals surface area (Å²) in [6.45, 7) is 1.06. The van der Waals surface area contributed by atoms with Gasteiger partial charge in [-0.15, -0.1) is 5.10 Å². The molecule has 1 unspecified atom stereocenters. The molecule has 1 atom stereocenters. The van der Waals surface area contributed by atoms with E-state index in [1.165, 1.54) is 12.8 Å². The molecule has 14 heavy (non-hydrogen) atoms. The predicted molar refractivity (Wildman–Crippen MR) is 59.3 cm³/mol. The van der Waals surface area contributed by atoms with Gasteiger partial charge in [0, 0.05) is 0 Å². The molecule has 1 aromatic rings. The zero-order chi connectivity index (χ0) is 9.97. The molecule has 0 spiro atoms. The second-order valence-corrected chi connectivity index (χ2v) is 4.62. The fourth-order valence-electron chi connectivity index (χ4n) is 1.64. The van der Waals surface area contributed by atoms with E-state index in [0.29, 0.717) is 11.2 Å². The molecule has 1 fully saturated rings. The maximum Gasteiger partial charge on any atom is 0.165 e. The van der Waals surface area contributed by atoms with Gasteiger partial charge in [-0.2, -0.15) is 5.10 Å². The van der Waals surface area contributed by atoms with Crippen LogP contribution in [0.2, 0.25) is 5.15 Å². The molecule has 1 aliphatic heterocycles. The van der Waals surface area contributed by atoms with Gasteiger partial charge < -0.3 is 5.32 Å². The minimum Gasteiger partial charge on any atom is -0.309 e. The molecular weight excluding hydrogens is 265 g/mol. The van der Waals surface area contributed by atoms with E-state index in [2.05, 4.69) is 31.4 Å². The largest absolute Gasteiger partial charge is 0.309 e. The second kappa shape index (κ2) is 4.55. The van der Waals surface area contributed by atoms with Crippen LogP contribution in [0.1, 0.15) is 31.0 Å². The Kier molecular flexibility index (Phi) is 3.36. The van der Waals surface area contributed by atoms with Crippen molar-refractivity contribution in [2.45, 2.75) is 25.3 Å². The van der Waals surface area contributed by atoms with Crippen molar-refractivity contribution in [3.8, 4) is 0 Å². The molecular formula is C9H11BrClN3. The lowest BCUT2D eigenvalue weighted by molar-refractivity contribution is 0.402. The van der Waals surface area contributed by atoms with Crippen LogP contribution in [-0.4, -0.2) is 16.7 Å². The molecule has 1 N–H and O–H groups in total. The third kappa shape index (κ3) is 2.24. The highest BCUT2D eigenvalue weighted by Gasteiger charge is 2.17. The summed E-state index contributed by atoms with van der Waals surface area (Å²) in [6, 6.07) is 2.28. The summed E-state index contributed by atoms with van der Waals surface area (Å²) in [6.07, 6.45) is 3.63. The standard InChI is InChI=1S/C9H11BrClN3/c10-6-5-8(13-14-9(6)11)7-3-1-2-4-12-7/h5,7,12H,1-4H2. The van der Waals surface area contributed by atoms with Crippen molar-refractivity contribution >= 4 is 27.5 Å². The van der Waals surface area contributed by atoms with E-state index in [9.17, 15) is 0 Å². The van der Waals surface area contributed by atoms with Crippen LogP contribution in [0.15, 0.2) is 10.5 Å². The zero-order valence-electron chi connectivity index (χ0n) is 7.63. The Bertz CT molecular complexity index is 326. The van der Waals surface area contributed by atoms with Crippen LogP contribution in [-0.2, 0) is 0 Å². The molecule has 1 saturated heterocycles. The summed E-state index contributed by atoms with van der Waals surface area (Å²) in [5, 5.41) is 11.8. The molecule has 0 bridgehead atoms. The lowest BCUT2D eigenvalue weighted by Gasteiger charge is -2.22. The Labute approximate surface area is 96.4 Å². The first-order chi connectivity index (χ1) is 6.77. The van der Waals surface area contributed by atoms with E-state index in [-0.39, 0.29) is 0 Å². The monoisotopic (exact) mass is 275 g/mol. The third-order valence-electron chi connectivity index (χ3n) is 2.39. The van der Waals surface area contributed by atoms with Gasteiger partial charge in [0.2, 0.25) is 0 Å². The Morgan fingerprint density at radius 1 is 1.43 bits per heavy atom. The highest BCUT2D eigenvalue weighted by molar-refractivity contribution is 9.10. The smallest absolute Gasteiger partial charge is 0.165 e. The molecule has 0 aliphatic carbocycles. The Balaban J connectivity index is 2.18. The molecule has 2 rings (SSSR count). The van der Waals surface area contributed by atoms with Gasteiger partial charge in [-0.1, -0.05) is 18.0 Å². The summed E-state index contributed by atoms with van der Waals surface area (Å²) >= 11 is 9.13. The number of hydrogen-bond donors (Lipinski definition) is 1. The van der Waals surface area contributed by atoms with E-state index in [0.717, 1.165) is 23.1 Å². The first kappa shape index (κ1) is 10.3. The van der Waals surface area contributed by atoms with Crippen LogP contribution in [0.4, 0.5) is 0 Å². The molecule has 0 aromatic carbocycles. The number of rotatable bonds is 1. The maximum absolute atomic E-state index is 5.78. The summed E-state index contributed by atoms with van der Waals surface area (Å²) < 4.78 is 0.816. The van der Waals surface area contributed by atoms with Gasteiger partial charge in [0.1, 0.15) is 0 Å². The predicted octanol–water partition coefficient (Wildman–Crippen LogP) is 2.71. The molecule has 0 saturated carbocycles. The Morgan fingerprint density at radius 3 is 2.93 bits per heavy atom. The fraction of sp³-hybridized carbons (Fsp3) is 0.556. The molecule has 0 radical (unpaired) electrons. The Hall–Kier alpha value is -0.190. The number of halogens is 2. The van der Waals surface area contributed by atoms with Gasteiger partial charge in [-0.05, 0) is 41.4 Å². The molecule has 1 aliphatic rings. The molecule has 1 aromatic heterocycles. The van der Waals surface area contributed by atoms with Gasteiger partial charge in [-0.3, -0.25) is 0 Å². The number of nitrogens with zero attached hydrogens (tertiary/aromatic N) is 2. The quantitative estimate of drug-likeness (QED) is 0.857. The summed E-state index contributed by atoms with van der Waals surface area (Å²) in [7, 11) is 0. The summed E-state index contributed by atoms with van der Waals surface area (Å²) in [5.41, 5.74) is 0.973. The zero-order valence-corrected chi connectivity index (χ0v) is 9.98. The summed E-state index contributed by atoms with van der Waals surface area (Å²) in [5.74, 6) is 0. The van der Waals surface area contributed by atoms with E-state index in [4.69, 9.17) is 11.6 Å². The summed E-state index contributed by atoms with van der Waals surface area (Å²) in [4.78, 5) is 0. The van der Waals surface area contributed by atoms with Crippen LogP contribution >= 0.6 is 27.5 Å². The molecule has 3 nitrogen and oxygen atoms in total. The molecule has 76 valence electrons. The van der Waals surface area contributed by atoms with Gasteiger partial charge in [0.25, 0.3) is 0 Å².